The van der Waals surface area contributed by atoms with Crippen LogP contribution in [-0.4, -0.2) is 37.0 Å². The summed E-state index contributed by atoms with van der Waals surface area (Å²) < 4.78 is 4.57. The number of ether oxygens (including phenoxy) is 1. The summed E-state index contributed by atoms with van der Waals surface area (Å²) in [4.78, 5) is 15.2. The molecular weight excluding hydrogens is 170 g/mol. The third kappa shape index (κ3) is 4.62. The number of aliphatic imine (C=N–C) groups is 1. The highest BCUT2D eigenvalue weighted by Gasteiger charge is 2.15. The predicted octanol–water partition coefficient (Wildman–Crippen LogP) is 0.639. The summed E-state index contributed by atoms with van der Waals surface area (Å²) in [6.45, 7) is 4.23. The van der Waals surface area contributed by atoms with E-state index < -0.39 is 0 Å². The molecule has 0 aliphatic rings. The third-order valence-corrected chi connectivity index (χ3v) is 1.86. The van der Waals surface area contributed by atoms with Crippen LogP contribution in [0.15, 0.2) is 4.99 Å². The van der Waals surface area contributed by atoms with Gasteiger partial charge in [-0.1, -0.05) is 0 Å². The molecule has 1 atom stereocenters. The van der Waals surface area contributed by atoms with Crippen LogP contribution in [0.3, 0.4) is 0 Å². The number of methoxy groups -OCH3 is 1. The molecule has 0 aromatic carbocycles. The van der Waals surface area contributed by atoms with E-state index in [-0.39, 0.29) is 18.5 Å². The first-order chi connectivity index (χ1) is 6.13. The molecule has 0 saturated heterocycles. The van der Waals surface area contributed by atoms with E-state index in [0.717, 1.165) is 5.71 Å². The van der Waals surface area contributed by atoms with Gasteiger partial charge in [0.15, 0.2) is 0 Å². The quantitative estimate of drug-likeness (QED) is 0.390. The Balaban J connectivity index is 4.00. The van der Waals surface area contributed by atoms with E-state index in [9.17, 15) is 4.79 Å². The third-order valence-electron chi connectivity index (χ3n) is 1.86. The van der Waals surface area contributed by atoms with Crippen LogP contribution in [0, 0.1) is 5.92 Å². The molecule has 76 valence electrons. The van der Waals surface area contributed by atoms with Crippen LogP contribution in [0.4, 0.5) is 0 Å². The number of hydrogen-bond donors (Lipinski definition) is 1. The highest BCUT2D eigenvalue weighted by Crippen LogP contribution is 2.01. The number of carbonyl (C=O) groups is 1. The zero-order valence-corrected chi connectivity index (χ0v) is 8.41. The second kappa shape index (κ2) is 6.60. The van der Waals surface area contributed by atoms with Crippen LogP contribution in [0.2, 0.25) is 0 Å². The van der Waals surface area contributed by atoms with E-state index in [1.54, 1.807) is 13.8 Å². The number of aliphatic hydroxyl groups excluding tert-OH is 1. The smallest absolute Gasteiger partial charge is 0.314 e. The molecule has 0 saturated carbocycles. The van der Waals surface area contributed by atoms with Crippen LogP contribution < -0.4 is 0 Å². The Morgan fingerprint density at radius 1 is 1.62 bits per heavy atom. The van der Waals surface area contributed by atoms with Crippen LogP contribution in [-0.2, 0) is 9.53 Å². The van der Waals surface area contributed by atoms with Gasteiger partial charge in [0, 0.05) is 18.9 Å². The van der Waals surface area contributed by atoms with Crippen LogP contribution in [0.5, 0.6) is 0 Å². The standard InChI is InChI=1S/C9H17NO3/c1-7(9(12)13-3)8(2)10-5-4-6-11/h7,11H,4-6H2,1-3H3. The lowest BCUT2D eigenvalue weighted by atomic mass is 10.1. The molecule has 0 aromatic heterocycles. The number of carbonyl (C=O) groups excluding carboxylic acids is 1. The minimum atomic E-state index is -0.288. The lowest BCUT2D eigenvalue weighted by Gasteiger charge is -2.08. The van der Waals surface area contributed by atoms with E-state index in [2.05, 4.69) is 9.73 Å². The highest BCUT2D eigenvalue weighted by molar-refractivity contribution is 6.00. The van der Waals surface area contributed by atoms with E-state index in [1.807, 2.05) is 0 Å². The molecule has 4 heteroatoms. The molecule has 1 N–H and O–H groups in total. The largest absolute Gasteiger partial charge is 0.469 e. The summed E-state index contributed by atoms with van der Waals surface area (Å²) in [5.74, 6) is -0.561. The minimum Gasteiger partial charge on any atom is -0.469 e. The Kier molecular flexibility index (Phi) is 6.14. The van der Waals surface area contributed by atoms with Crippen molar-refractivity contribution < 1.29 is 14.6 Å². The van der Waals surface area contributed by atoms with E-state index in [1.165, 1.54) is 7.11 Å². The lowest BCUT2D eigenvalue weighted by Crippen LogP contribution is -2.20. The van der Waals surface area contributed by atoms with Crippen LogP contribution in [0.25, 0.3) is 0 Å². The molecule has 0 amide bonds. The highest BCUT2D eigenvalue weighted by atomic mass is 16.5. The Morgan fingerprint density at radius 3 is 2.69 bits per heavy atom. The molecule has 0 fully saturated rings. The molecular formula is C9H17NO3. The zero-order chi connectivity index (χ0) is 10.3. The lowest BCUT2D eigenvalue weighted by molar-refractivity contribution is -0.142. The molecule has 0 bridgehead atoms. The molecule has 0 heterocycles. The van der Waals surface area contributed by atoms with Crippen LogP contribution in [0.1, 0.15) is 20.3 Å². The molecule has 4 nitrogen and oxygen atoms in total. The monoisotopic (exact) mass is 187 g/mol. The van der Waals surface area contributed by atoms with Crippen molar-refractivity contribution in [1.82, 2.24) is 0 Å². The van der Waals surface area contributed by atoms with Gasteiger partial charge in [0.2, 0.25) is 0 Å². The second-order valence-corrected chi connectivity index (χ2v) is 2.85. The van der Waals surface area contributed by atoms with Gasteiger partial charge in [0.05, 0.1) is 13.0 Å². The number of esters is 1. The van der Waals surface area contributed by atoms with Gasteiger partial charge in [-0.3, -0.25) is 9.79 Å². The molecule has 1 unspecified atom stereocenters. The predicted molar refractivity (Wildman–Crippen MR) is 50.9 cm³/mol. The van der Waals surface area contributed by atoms with Crippen LogP contribution >= 0.6 is 0 Å². The Bertz CT molecular complexity index is 189. The summed E-state index contributed by atoms with van der Waals surface area (Å²) >= 11 is 0. The van der Waals surface area contributed by atoms with Crippen molar-refractivity contribution in [3.63, 3.8) is 0 Å². The van der Waals surface area contributed by atoms with Gasteiger partial charge in [-0.15, -0.1) is 0 Å². The topological polar surface area (TPSA) is 58.9 Å². The van der Waals surface area contributed by atoms with Gasteiger partial charge in [0.25, 0.3) is 0 Å². The zero-order valence-electron chi connectivity index (χ0n) is 8.41. The Labute approximate surface area is 78.6 Å². The molecule has 13 heavy (non-hydrogen) atoms. The molecule has 0 spiro atoms. The summed E-state index contributed by atoms with van der Waals surface area (Å²) in [5, 5.41) is 8.51. The van der Waals surface area contributed by atoms with E-state index >= 15 is 0 Å². The van der Waals surface area contributed by atoms with Crippen molar-refractivity contribution in [2.45, 2.75) is 20.3 Å². The molecule has 0 rings (SSSR count). The van der Waals surface area contributed by atoms with E-state index in [0.29, 0.717) is 13.0 Å². The van der Waals surface area contributed by atoms with Gasteiger partial charge >= 0.3 is 5.97 Å². The van der Waals surface area contributed by atoms with Crippen molar-refractivity contribution in [2.75, 3.05) is 20.3 Å². The average Bonchev–Trinajstić information content (AvgIpc) is 2.15. The summed E-state index contributed by atoms with van der Waals surface area (Å²) in [6, 6.07) is 0. The fourth-order valence-electron chi connectivity index (χ4n) is 0.810. The first kappa shape index (κ1) is 12.1. The fraction of sp³-hybridized carbons (Fsp3) is 0.778. The maximum Gasteiger partial charge on any atom is 0.314 e. The van der Waals surface area contributed by atoms with Gasteiger partial charge in [-0.2, -0.15) is 0 Å². The van der Waals surface area contributed by atoms with Crippen molar-refractivity contribution in [3.05, 3.63) is 0 Å². The van der Waals surface area contributed by atoms with Gasteiger partial charge < -0.3 is 9.84 Å². The number of aliphatic hydroxyl groups is 1. The first-order valence-corrected chi connectivity index (χ1v) is 4.33. The average molecular weight is 187 g/mol. The maximum atomic E-state index is 11.0. The van der Waals surface area contributed by atoms with Crippen molar-refractivity contribution in [2.24, 2.45) is 10.9 Å². The fourth-order valence-corrected chi connectivity index (χ4v) is 0.810. The number of hydrogen-bond acceptors (Lipinski definition) is 4. The van der Waals surface area contributed by atoms with Gasteiger partial charge in [0.1, 0.15) is 0 Å². The summed E-state index contributed by atoms with van der Waals surface area (Å²) in [6.07, 6.45) is 0.630. The van der Waals surface area contributed by atoms with Crippen molar-refractivity contribution >= 4 is 11.7 Å². The minimum absolute atomic E-state index is 0.128. The first-order valence-electron chi connectivity index (χ1n) is 4.33. The molecule has 0 radical (unpaired) electrons. The number of nitrogens with zero attached hydrogens (tertiary/aromatic N) is 1. The molecule has 0 aliphatic heterocycles. The normalized spacial score (nSPS) is 14.0. The maximum absolute atomic E-state index is 11.0. The van der Waals surface area contributed by atoms with E-state index in [4.69, 9.17) is 5.11 Å². The number of rotatable bonds is 5. The molecule has 0 aliphatic carbocycles. The Morgan fingerprint density at radius 2 is 2.23 bits per heavy atom. The summed E-state index contributed by atoms with van der Waals surface area (Å²) in [5.41, 5.74) is 0.750. The van der Waals surface area contributed by atoms with Crippen molar-refractivity contribution in [1.29, 1.82) is 0 Å². The Hall–Kier alpha value is -0.900. The SMILES string of the molecule is COC(=O)C(C)C(C)=NCCCO. The van der Waals surface area contributed by atoms with Gasteiger partial charge in [-0.05, 0) is 20.3 Å². The summed E-state index contributed by atoms with van der Waals surface area (Å²) in [7, 11) is 1.36. The molecule has 0 aromatic rings. The second-order valence-electron chi connectivity index (χ2n) is 2.85. The van der Waals surface area contributed by atoms with Gasteiger partial charge in [-0.25, -0.2) is 0 Å². The van der Waals surface area contributed by atoms with Crippen molar-refractivity contribution in [3.8, 4) is 0 Å².